The predicted molar refractivity (Wildman–Crippen MR) is 116 cm³/mol. The van der Waals surface area contributed by atoms with Crippen molar-refractivity contribution < 1.29 is 17.6 Å². The number of amides is 1. The molecule has 2 aromatic rings. The van der Waals surface area contributed by atoms with Crippen molar-refractivity contribution in [1.82, 2.24) is 10.0 Å². The molecule has 5 nitrogen and oxygen atoms in total. The Morgan fingerprint density at radius 3 is 2.38 bits per heavy atom. The van der Waals surface area contributed by atoms with Crippen molar-refractivity contribution in [3.05, 3.63) is 66.0 Å². The summed E-state index contributed by atoms with van der Waals surface area (Å²) >= 11 is 1.51. The minimum absolute atomic E-state index is 0.129. The highest BCUT2D eigenvalue weighted by molar-refractivity contribution is 7.98. The van der Waals surface area contributed by atoms with Gasteiger partial charge in [0.1, 0.15) is 16.8 Å². The zero-order valence-electron chi connectivity index (χ0n) is 16.6. The highest BCUT2D eigenvalue weighted by Crippen LogP contribution is 2.19. The Hall–Kier alpha value is -1.90. The molecule has 0 bridgehead atoms. The van der Waals surface area contributed by atoms with E-state index < -0.39 is 32.7 Å². The van der Waals surface area contributed by atoms with E-state index in [1.54, 1.807) is 0 Å². The molecular weight excluding hydrogens is 411 g/mol. The summed E-state index contributed by atoms with van der Waals surface area (Å²) in [6.45, 7) is 2.44. The quantitative estimate of drug-likeness (QED) is 0.563. The fourth-order valence-electron chi connectivity index (χ4n) is 2.96. The third kappa shape index (κ3) is 6.83. The molecule has 0 fully saturated rings. The van der Waals surface area contributed by atoms with Crippen LogP contribution in [0.1, 0.15) is 31.2 Å². The molecule has 8 heteroatoms. The number of hydrogen-bond donors (Lipinski definition) is 2. The first-order valence-corrected chi connectivity index (χ1v) is 12.3. The molecule has 2 N–H and O–H groups in total. The number of hydrogen-bond acceptors (Lipinski definition) is 4. The lowest BCUT2D eigenvalue weighted by atomic mass is 9.96. The summed E-state index contributed by atoms with van der Waals surface area (Å²) in [4.78, 5) is 12.3. The molecule has 1 amide bonds. The average molecular weight is 439 g/mol. The van der Waals surface area contributed by atoms with Gasteiger partial charge in [0.2, 0.25) is 15.9 Å². The summed E-state index contributed by atoms with van der Waals surface area (Å²) in [5.74, 6) is -0.537. The first-order chi connectivity index (χ1) is 13.9. The lowest BCUT2D eigenvalue weighted by Crippen LogP contribution is -2.47. The van der Waals surface area contributed by atoms with Gasteiger partial charge >= 0.3 is 0 Å². The van der Waals surface area contributed by atoms with E-state index in [-0.39, 0.29) is 5.92 Å². The van der Waals surface area contributed by atoms with Crippen molar-refractivity contribution in [2.75, 3.05) is 18.6 Å². The number of sulfonamides is 1. The molecule has 0 saturated heterocycles. The number of benzene rings is 2. The van der Waals surface area contributed by atoms with E-state index >= 15 is 0 Å². The van der Waals surface area contributed by atoms with Crippen molar-refractivity contribution >= 4 is 27.7 Å². The number of halogens is 1. The standard InChI is InChI=1S/C21H27FN2O3S2/c1-3-16(17-9-5-4-6-10-17)15-23-21(25)19(13-14-28-2)24-29(26,27)20-12-8-7-11-18(20)22/h4-12,16,19,24H,3,13-15H2,1-2H3,(H,23,25). The Morgan fingerprint density at radius 1 is 1.10 bits per heavy atom. The van der Waals surface area contributed by atoms with Crippen LogP contribution in [-0.4, -0.2) is 38.9 Å². The normalized spacial score (nSPS) is 13.6. The van der Waals surface area contributed by atoms with Crippen LogP contribution in [0.5, 0.6) is 0 Å². The zero-order valence-corrected chi connectivity index (χ0v) is 18.2. The fourth-order valence-corrected chi connectivity index (χ4v) is 4.74. The monoisotopic (exact) mass is 438 g/mol. The van der Waals surface area contributed by atoms with E-state index in [9.17, 15) is 17.6 Å². The van der Waals surface area contributed by atoms with Gasteiger partial charge < -0.3 is 5.32 Å². The highest BCUT2D eigenvalue weighted by Gasteiger charge is 2.27. The minimum Gasteiger partial charge on any atom is -0.354 e. The van der Waals surface area contributed by atoms with Gasteiger partial charge in [-0.25, -0.2) is 12.8 Å². The van der Waals surface area contributed by atoms with Crippen LogP contribution in [0.15, 0.2) is 59.5 Å². The van der Waals surface area contributed by atoms with Crippen LogP contribution in [-0.2, 0) is 14.8 Å². The summed E-state index contributed by atoms with van der Waals surface area (Å²) in [6.07, 6.45) is 3.02. The Bertz CT molecular complexity index is 892. The molecule has 0 saturated carbocycles. The SMILES string of the molecule is CCC(CNC(=O)C(CCSC)NS(=O)(=O)c1ccccc1F)c1ccccc1. The molecule has 0 aromatic heterocycles. The molecule has 0 aliphatic heterocycles. The van der Waals surface area contributed by atoms with Gasteiger partial charge in [0.05, 0.1) is 0 Å². The summed E-state index contributed by atoms with van der Waals surface area (Å²) < 4.78 is 41.5. The number of carbonyl (C=O) groups excluding carboxylic acids is 1. The molecule has 158 valence electrons. The topological polar surface area (TPSA) is 75.3 Å². The van der Waals surface area contributed by atoms with Crippen LogP contribution in [0.2, 0.25) is 0 Å². The van der Waals surface area contributed by atoms with Crippen LogP contribution in [0, 0.1) is 5.82 Å². The van der Waals surface area contributed by atoms with Crippen molar-refractivity contribution in [1.29, 1.82) is 0 Å². The Morgan fingerprint density at radius 2 is 1.76 bits per heavy atom. The van der Waals surface area contributed by atoms with Crippen molar-refractivity contribution in [3.8, 4) is 0 Å². The van der Waals surface area contributed by atoms with Crippen LogP contribution in [0.4, 0.5) is 4.39 Å². The Labute approximate surface area is 176 Å². The fraction of sp³-hybridized carbons (Fsp3) is 0.381. The zero-order chi connectivity index (χ0) is 21.3. The number of carbonyl (C=O) groups is 1. The number of rotatable bonds is 11. The van der Waals surface area contributed by atoms with E-state index in [1.807, 2.05) is 43.5 Å². The third-order valence-corrected chi connectivity index (χ3v) is 6.79. The molecule has 0 heterocycles. The van der Waals surface area contributed by atoms with E-state index in [1.165, 1.54) is 30.0 Å². The molecule has 2 unspecified atom stereocenters. The largest absolute Gasteiger partial charge is 0.354 e. The van der Waals surface area contributed by atoms with Crippen LogP contribution < -0.4 is 10.0 Å². The van der Waals surface area contributed by atoms with Crippen molar-refractivity contribution in [3.63, 3.8) is 0 Å². The second-order valence-corrected chi connectivity index (χ2v) is 9.31. The van der Waals surface area contributed by atoms with Crippen LogP contribution in [0.3, 0.4) is 0 Å². The molecular formula is C21H27FN2O3S2. The van der Waals surface area contributed by atoms with E-state index in [2.05, 4.69) is 10.0 Å². The van der Waals surface area contributed by atoms with Crippen molar-refractivity contribution in [2.24, 2.45) is 0 Å². The van der Waals surface area contributed by atoms with E-state index in [4.69, 9.17) is 0 Å². The van der Waals surface area contributed by atoms with Gasteiger partial charge in [0, 0.05) is 12.5 Å². The predicted octanol–water partition coefficient (Wildman–Crippen LogP) is 3.54. The molecule has 0 aliphatic carbocycles. The molecule has 0 aliphatic rings. The molecule has 2 atom stereocenters. The van der Waals surface area contributed by atoms with Gasteiger partial charge in [0.15, 0.2) is 0 Å². The van der Waals surface area contributed by atoms with E-state index in [0.717, 1.165) is 18.1 Å². The Balaban J connectivity index is 2.10. The highest BCUT2D eigenvalue weighted by atomic mass is 32.2. The second-order valence-electron chi connectivity index (χ2n) is 6.65. The van der Waals surface area contributed by atoms with Gasteiger partial charge in [0.25, 0.3) is 0 Å². The first-order valence-electron chi connectivity index (χ1n) is 9.47. The van der Waals surface area contributed by atoms with Crippen molar-refractivity contribution in [2.45, 2.75) is 36.6 Å². The average Bonchev–Trinajstić information content (AvgIpc) is 2.72. The van der Waals surface area contributed by atoms with Crippen LogP contribution in [0.25, 0.3) is 0 Å². The number of nitrogens with one attached hydrogen (secondary N) is 2. The molecule has 2 aromatic carbocycles. The minimum atomic E-state index is -4.16. The molecule has 0 spiro atoms. The maximum Gasteiger partial charge on any atom is 0.244 e. The lowest BCUT2D eigenvalue weighted by Gasteiger charge is -2.21. The van der Waals surface area contributed by atoms with Gasteiger partial charge in [-0.15, -0.1) is 0 Å². The summed E-state index contributed by atoms with van der Waals surface area (Å²) in [5, 5.41) is 2.86. The van der Waals surface area contributed by atoms with E-state index in [0.29, 0.717) is 18.7 Å². The maximum absolute atomic E-state index is 14.0. The molecule has 0 radical (unpaired) electrons. The second kappa shape index (κ2) is 11.3. The maximum atomic E-state index is 14.0. The lowest BCUT2D eigenvalue weighted by molar-refractivity contribution is -0.122. The summed E-state index contributed by atoms with van der Waals surface area (Å²) in [7, 11) is -4.16. The van der Waals surface area contributed by atoms with Gasteiger partial charge in [-0.3, -0.25) is 4.79 Å². The van der Waals surface area contributed by atoms with Gasteiger partial charge in [-0.2, -0.15) is 16.5 Å². The van der Waals surface area contributed by atoms with Gasteiger partial charge in [-0.1, -0.05) is 49.4 Å². The third-order valence-electron chi connectivity index (χ3n) is 4.64. The number of thioether (sulfide) groups is 1. The molecule has 2 rings (SSSR count). The van der Waals surface area contributed by atoms with Crippen LogP contribution >= 0.6 is 11.8 Å². The summed E-state index contributed by atoms with van der Waals surface area (Å²) in [6, 6.07) is 14.0. The Kier molecular flexibility index (Phi) is 9.13. The molecule has 29 heavy (non-hydrogen) atoms. The smallest absolute Gasteiger partial charge is 0.244 e. The first kappa shape index (κ1) is 23.4. The van der Waals surface area contributed by atoms with Gasteiger partial charge in [-0.05, 0) is 42.5 Å². The summed E-state index contributed by atoms with van der Waals surface area (Å²) in [5.41, 5.74) is 1.11.